The third kappa shape index (κ3) is 15.4. The Labute approximate surface area is 138 Å². The molecule has 0 saturated carbocycles. The lowest BCUT2D eigenvalue weighted by molar-refractivity contribution is -0.141. The van der Waals surface area contributed by atoms with Gasteiger partial charge in [-0.05, 0) is 0 Å². The number of esters is 1. The summed E-state index contributed by atoms with van der Waals surface area (Å²) < 4.78 is 30.7. The minimum Gasteiger partial charge on any atom is -0.460 e. The summed E-state index contributed by atoms with van der Waals surface area (Å²) in [4.78, 5) is 11.5. The first-order chi connectivity index (χ1) is 11.2. The molecule has 0 bridgehead atoms. The quantitative estimate of drug-likeness (QED) is 0.170. The number of carbonyl (C=O) groups is 1. The highest BCUT2D eigenvalue weighted by molar-refractivity contribution is 5.87. The van der Waals surface area contributed by atoms with Crippen LogP contribution < -0.4 is 0 Å². The zero-order valence-electron chi connectivity index (χ0n) is 13.9. The molecule has 0 radical (unpaired) electrons. The SMILES string of the molecule is C=CCOCC(=C)C(=O)OCCOCCOCCOCCOC. The van der Waals surface area contributed by atoms with Crippen LogP contribution in [0.25, 0.3) is 0 Å². The molecule has 0 rings (SSSR count). The number of carbonyl (C=O) groups excluding carboxylic acids is 1. The Morgan fingerprint density at radius 3 is 1.91 bits per heavy atom. The van der Waals surface area contributed by atoms with Gasteiger partial charge in [0.2, 0.25) is 0 Å². The van der Waals surface area contributed by atoms with Gasteiger partial charge in [0.1, 0.15) is 6.61 Å². The molecule has 0 aromatic heterocycles. The molecule has 7 heteroatoms. The van der Waals surface area contributed by atoms with E-state index in [9.17, 15) is 4.79 Å². The van der Waals surface area contributed by atoms with Gasteiger partial charge in [-0.15, -0.1) is 6.58 Å². The van der Waals surface area contributed by atoms with Gasteiger partial charge in [0, 0.05) is 7.11 Å². The first-order valence-corrected chi connectivity index (χ1v) is 7.48. The number of rotatable bonds is 17. The van der Waals surface area contributed by atoms with E-state index in [1.54, 1.807) is 13.2 Å². The summed E-state index contributed by atoms with van der Waals surface area (Å²) in [6.45, 7) is 11.1. The van der Waals surface area contributed by atoms with E-state index in [4.69, 9.17) is 28.4 Å². The molecule has 0 unspecified atom stereocenters. The fourth-order valence-corrected chi connectivity index (χ4v) is 1.30. The van der Waals surface area contributed by atoms with Crippen LogP contribution in [0.2, 0.25) is 0 Å². The van der Waals surface area contributed by atoms with Gasteiger partial charge < -0.3 is 28.4 Å². The molecule has 0 heterocycles. The van der Waals surface area contributed by atoms with E-state index in [0.29, 0.717) is 52.9 Å². The molecule has 0 atom stereocenters. The van der Waals surface area contributed by atoms with Crippen molar-refractivity contribution in [2.45, 2.75) is 0 Å². The van der Waals surface area contributed by atoms with Crippen LogP contribution >= 0.6 is 0 Å². The number of hydrogen-bond donors (Lipinski definition) is 0. The molecule has 7 nitrogen and oxygen atoms in total. The van der Waals surface area contributed by atoms with Gasteiger partial charge in [0.15, 0.2) is 0 Å². The maximum atomic E-state index is 11.5. The fourth-order valence-electron chi connectivity index (χ4n) is 1.30. The van der Waals surface area contributed by atoms with Crippen LogP contribution in [0.3, 0.4) is 0 Å². The normalized spacial score (nSPS) is 10.5. The third-order valence-corrected chi connectivity index (χ3v) is 2.44. The third-order valence-electron chi connectivity index (χ3n) is 2.44. The van der Waals surface area contributed by atoms with E-state index >= 15 is 0 Å². The minimum atomic E-state index is -0.484. The van der Waals surface area contributed by atoms with E-state index in [2.05, 4.69) is 13.2 Å². The second kappa shape index (κ2) is 17.1. The van der Waals surface area contributed by atoms with Gasteiger partial charge in [-0.2, -0.15) is 0 Å². The zero-order chi connectivity index (χ0) is 17.2. The molecule has 0 aliphatic carbocycles. The van der Waals surface area contributed by atoms with Crippen LogP contribution in [0.1, 0.15) is 0 Å². The fraction of sp³-hybridized carbons (Fsp3) is 0.688. The van der Waals surface area contributed by atoms with Gasteiger partial charge in [0.25, 0.3) is 0 Å². The van der Waals surface area contributed by atoms with Crippen LogP contribution in [0, 0.1) is 0 Å². The molecule has 0 aliphatic rings. The smallest absolute Gasteiger partial charge is 0.335 e. The summed E-state index contributed by atoms with van der Waals surface area (Å²) in [5.74, 6) is -0.484. The van der Waals surface area contributed by atoms with E-state index in [0.717, 1.165) is 0 Å². The van der Waals surface area contributed by atoms with E-state index in [1.165, 1.54) is 0 Å². The maximum absolute atomic E-state index is 11.5. The van der Waals surface area contributed by atoms with Crippen LogP contribution in [-0.2, 0) is 33.2 Å². The monoisotopic (exact) mass is 332 g/mol. The molecule has 23 heavy (non-hydrogen) atoms. The Balaban J connectivity index is 3.27. The topological polar surface area (TPSA) is 72.5 Å². The average Bonchev–Trinajstić information content (AvgIpc) is 2.55. The summed E-state index contributed by atoms with van der Waals surface area (Å²) in [7, 11) is 1.63. The summed E-state index contributed by atoms with van der Waals surface area (Å²) in [6, 6.07) is 0. The molecule has 0 aliphatic heterocycles. The van der Waals surface area contributed by atoms with Crippen molar-refractivity contribution in [2.24, 2.45) is 0 Å². The highest BCUT2D eigenvalue weighted by Gasteiger charge is 2.07. The molecule has 0 spiro atoms. The Morgan fingerprint density at radius 2 is 1.39 bits per heavy atom. The van der Waals surface area contributed by atoms with E-state index in [-0.39, 0.29) is 18.8 Å². The van der Waals surface area contributed by atoms with Crippen molar-refractivity contribution in [2.75, 3.05) is 73.2 Å². The van der Waals surface area contributed by atoms with Crippen molar-refractivity contribution in [3.05, 3.63) is 24.8 Å². The van der Waals surface area contributed by atoms with Crippen LogP contribution in [-0.4, -0.2) is 79.1 Å². The first-order valence-electron chi connectivity index (χ1n) is 7.48. The minimum absolute atomic E-state index is 0.131. The lowest BCUT2D eigenvalue weighted by Crippen LogP contribution is -2.16. The van der Waals surface area contributed by atoms with Crippen molar-refractivity contribution in [3.8, 4) is 0 Å². The molecule has 0 N–H and O–H groups in total. The number of ether oxygens (including phenoxy) is 6. The Bertz CT molecular complexity index is 318. The van der Waals surface area contributed by atoms with Crippen molar-refractivity contribution < 1.29 is 33.2 Å². The molecular weight excluding hydrogens is 304 g/mol. The number of methoxy groups -OCH3 is 1. The molecule has 0 saturated heterocycles. The molecule has 134 valence electrons. The first kappa shape index (κ1) is 21.8. The highest BCUT2D eigenvalue weighted by Crippen LogP contribution is 1.96. The van der Waals surface area contributed by atoms with Crippen molar-refractivity contribution in [1.82, 2.24) is 0 Å². The second-order valence-electron chi connectivity index (χ2n) is 4.37. The average molecular weight is 332 g/mol. The van der Waals surface area contributed by atoms with Crippen LogP contribution in [0.4, 0.5) is 0 Å². The standard InChI is InChI=1S/C16H28O7/c1-4-5-22-14-15(2)16(17)23-13-12-21-11-10-20-9-8-19-7-6-18-3/h4H,1-2,5-14H2,3H3. The second-order valence-corrected chi connectivity index (χ2v) is 4.37. The summed E-state index contributed by atoms with van der Waals surface area (Å²) >= 11 is 0. The van der Waals surface area contributed by atoms with Gasteiger partial charge in [-0.3, -0.25) is 0 Å². The van der Waals surface area contributed by atoms with E-state index in [1.807, 2.05) is 0 Å². The van der Waals surface area contributed by atoms with Gasteiger partial charge >= 0.3 is 5.97 Å². The van der Waals surface area contributed by atoms with Crippen molar-refractivity contribution in [1.29, 1.82) is 0 Å². The highest BCUT2D eigenvalue weighted by atomic mass is 16.6. The van der Waals surface area contributed by atoms with Crippen molar-refractivity contribution >= 4 is 5.97 Å². The molecule has 0 amide bonds. The Hall–Kier alpha value is -1.25. The largest absolute Gasteiger partial charge is 0.460 e. The predicted molar refractivity (Wildman–Crippen MR) is 85.4 cm³/mol. The summed E-state index contributed by atoms with van der Waals surface area (Å²) in [5, 5.41) is 0. The van der Waals surface area contributed by atoms with Gasteiger partial charge in [0.05, 0.1) is 65.0 Å². The Kier molecular flexibility index (Phi) is 16.2. The van der Waals surface area contributed by atoms with Gasteiger partial charge in [-0.1, -0.05) is 12.7 Å². The lowest BCUT2D eigenvalue weighted by Gasteiger charge is -2.08. The van der Waals surface area contributed by atoms with Crippen LogP contribution in [0.15, 0.2) is 24.8 Å². The summed E-state index contributed by atoms with van der Waals surface area (Å²) in [5.41, 5.74) is 0.267. The lowest BCUT2D eigenvalue weighted by atomic mass is 10.3. The molecular formula is C16H28O7. The van der Waals surface area contributed by atoms with Crippen molar-refractivity contribution in [3.63, 3.8) is 0 Å². The number of hydrogen-bond acceptors (Lipinski definition) is 7. The Morgan fingerprint density at radius 1 is 0.870 bits per heavy atom. The van der Waals surface area contributed by atoms with Crippen LogP contribution in [0.5, 0.6) is 0 Å². The maximum Gasteiger partial charge on any atom is 0.335 e. The predicted octanol–water partition coefficient (Wildman–Crippen LogP) is 0.985. The summed E-state index contributed by atoms with van der Waals surface area (Å²) in [6.07, 6.45) is 1.60. The molecule has 0 fully saturated rings. The molecule has 0 aromatic rings. The molecule has 0 aromatic carbocycles. The van der Waals surface area contributed by atoms with E-state index < -0.39 is 5.97 Å². The van der Waals surface area contributed by atoms with Gasteiger partial charge in [-0.25, -0.2) is 4.79 Å². The zero-order valence-corrected chi connectivity index (χ0v) is 13.9.